The number of likely N-dealkylation sites (tertiary alicyclic amines) is 1. The van der Waals surface area contributed by atoms with Crippen molar-refractivity contribution in [3.8, 4) is 0 Å². The molecular weight excluding hydrogens is 330 g/mol. The molecule has 2 heterocycles. The minimum atomic E-state index is -0.252. The molecule has 0 aliphatic carbocycles. The van der Waals surface area contributed by atoms with E-state index >= 15 is 0 Å². The topological polar surface area (TPSA) is 54.0 Å². The largest absolute Gasteiger partial charge is 0.445 e. The van der Waals surface area contributed by atoms with Crippen LogP contribution in [0.2, 0.25) is 0 Å². The Bertz CT molecular complexity index is 554. The summed E-state index contributed by atoms with van der Waals surface area (Å²) in [6.45, 7) is 5.18. The molecule has 0 bridgehead atoms. The van der Waals surface area contributed by atoms with Gasteiger partial charge in [0.05, 0.1) is 19.3 Å². The van der Waals surface area contributed by atoms with Gasteiger partial charge in [-0.25, -0.2) is 4.79 Å². The van der Waals surface area contributed by atoms with E-state index in [0.717, 1.165) is 18.7 Å². The first kappa shape index (κ1) is 19.1. The number of nitrogens with zero attached hydrogens (tertiary/aromatic N) is 2. The Morgan fingerprint density at radius 3 is 2.92 bits per heavy atom. The Hall–Kier alpha value is -1.63. The number of benzene rings is 1. The second-order valence-electron chi connectivity index (χ2n) is 7.32. The van der Waals surface area contributed by atoms with Crippen molar-refractivity contribution >= 4 is 6.09 Å². The molecule has 1 amide bonds. The quantitative estimate of drug-likeness (QED) is 0.870. The van der Waals surface area contributed by atoms with E-state index in [1.165, 1.54) is 25.8 Å². The summed E-state index contributed by atoms with van der Waals surface area (Å²) in [5, 5.41) is 3.64. The zero-order chi connectivity index (χ0) is 18.2. The van der Waals surface area contributed by atoms with Gasteiger partial charge < -0.3 is 24.6 Å². The Balaban J connectivity index is 1.39. The summed E-state index contributed by atoms with van der Waals surface area (Å²) in [5.74, 6) is 0. The number of ether oxygens (including phenoxy) is 2. The first-order valence-electron chi connectivity index (χ1n) is 9.70. The van der Waals surface area contributed by atoms with Crippen molar-refractivity contribution in [1.82, 2.24) is 15.1 Å². The molecule has 144 valence electrons. The Labute approximate surface area is 156 Å². The number of nitrogens with one attached hydrogen (secondary N) is 1. The molecule has 2 saturated heterocycles. The van der Waals surface area contributed by atoms with Crippen LogP contribution in [-0.2, 0) is 16.1 Å². The minimum Gasteiger partial charge on any atom is -0.445 e. The van der Waals surface area contributed by atoms with E-state index in [4.69, 9.17) is 9.47 Å². The molecule has 6 heteroatoms. The molecular formula is C20H31N3O3. The molecule has 0 radical (unpaired) electrons. The van der Waals surface area contributed by atoms with Crippen LogP contribution in [-0.4, -0.2) is 74.4 Å². The van der Waals surface area contributed by atoms with Gasteiger partial charge in [-0.2, -0.15) is 0 Å². The molecule has 26 heavy (non-hydrogen) atoms. The molecule has 1 aromatic rings. The third-order valence-corrected chi connectivity index (χ3v) is 5.19. The predicted molar refractivity (Wildman–Crippen MR) is 101 cm³/mol. The molecule has 2 unspecified atom stereocenters. The van der Waals surface area contributed by atoms with E-state index in [-0.39, 0.29) is 12.2 Å². The third-order valence-electron chi connectivity index (χ3n) is 5.19. The second kappa shape index (κ2) is 9.90. The highest BCUT2D eigenvalue weighted by Gasteiger charge is 2.26. The summed E-state index contributed by atoms with van der Waals surface area (Å²) in [6.07, 6.45) is 3.40. The molecule has 1 N–H and O–H groups in total. The molecule has 2 aliphatic heterocycles. The van der Waals surface area contributed by atoms with Crippen LogP contribution in [0.25, 0.3) is 0 Å². The molecule has 6 nitrogen and oxygen atoms in total. The molecule has 2 fully saturated rings. The first-order valence-corrected chi connectivity index (χ1v) is 9.70. The monoisotopic (exact) mass is 361 g/mol. The zero-order valence-electron chi connectivity index (χ0n) is 15.7. The lowest BCUT2D eigenvalue weighted by Gasteiger charge is -2.33. The number of morpholine rings is 1. The highest BCUT2D eigenvalue weighted by Crippen LogP contribution is 2.12. The van der Waals surface area contributed by atoms with Crippen molar-refractivity contribution < 1.29 is 14.3 Å². The van der Waals surface area contributed by atoms with Gasteiger partial charge in [-0.05, 0) is 45.0 Å². The normalized spacial score (nSPS) is 24.9. The summed E-state index contributed by atoms with van der Waals surface area (Å²) in [4.78, 5) is 16.5. The Morgan fingerprint density at radius 1 is 1.23 bits per heavy atom. The number of rotatable bonds is 5. The second-order valence-corrected chi connectivity index (χ2v) is 7.32. The SMILES string of the molecule is CN1CCCC(NCC2CN(C(=O)OCc3ccccc3)CCO2)CC1. The van der Waals surface area contributed by atoms with Gasteiger partial charge in [0.15, 0.2) is 0 Å². The molecule has 2 aliphatic rings. The van der Waals surface area contributed by atoms with Crippen molar-refractivity contribution in [3.63, 3.8) is 0 Å². The fraction of sp³-hybridized carbons (Fsp3) is 0.650. The maximum atomic E-state index is 12.3. The fourth-order valence-corrected chi connectivity index (χ4v) is 3.56. The van der Waals surface area contributed by atoms with Crippen LogP contribution in [0.4, 0.5) is 4.79 Å². The number of amides is 1. The summed E-state index contributed by atoms with van der Waals surface area (Å²) >= 11 is 0. The Kier molecular flexibility index (Phi) is 7.29. The molecule has 2 atom stereocenters. The van der Waals surface area contributed by atoms with Crippen molar-refractivity contribution in [1.29, 1.82) is 0 Å². The fourth-order valence-electron chi connectivity index (χ4n) is 3.56. The summed E-state index contributed by atoms with van der Waals surface area (Å²) in [5.41, 5.74) is 1.01. The van der Waals surface area contributed by atoms with Crippen molar-refractivity contribution in [2.24, 2.45) is 0 Å². The summed E-state index contributed by atoms with van der Waals surface area (Å²) < 4.78 is 11.3. The zero-order valence-corrected chi connectivity index (χ0v) is 15.7. The number of hydrogen-bond donors (Lipinski definition) is 1. The van der Waals surface area contributed by atoms with E-state index in [2.05, 4.69) is 17.3 Å². The number of carbonyl (C=O) groups excluding carboxylic acids is 1. The van der Waals surface area contributed by atoms with Crippen molar-refractivity contribution in [3.05, 3.63) is 35.9 Å². The predicted octanol–water partition coefficient (Wildman–Crippen LogP) is 2.10. The standard InChI is InChI=1S/C20H31N3O3/c1-22-10-5-8-18(9-11-22)21-14-19-15-23(12-13-25-19)20(24)26-16-17-6-3-2-4-7-17/h2-4,6-7,18-19,21H,5,8-16H2,1H3. The van der Waals surface area contributed by atoms with E-state index in [1.54, 1.807) is 4.90 Å². The highest BCUT2D eigenvalue weighted by molar-refractivity contribution is 5.67. The molecule has 0 saturated carbocycles. The van der Waals surface area contributed by atoms with E-state index in [0.29, 0.717) is 32.3 Å². The highest BCUT2D eigenvalue weighted by atomic mass is 16.6. The van der Waals surface area contributed by atoms with Gasteiger partial charge >= 0.3 is 6.09 Å². The van der Waals surface area contributed by atoms with Crippen LogP contribution >= 0.6 is 0 Å². The van der Waals surface area contributed by atoms with Gasteiger partial charge in [0.1, 0.15) is 6.61 Å². The summed E-state index contributed by atoms with van der Waals surface area (Å²) in [6, 6.07) is 10.3. The van der Waals surface area contributed by atoms with Crippen LogP contribution in [0.15, 0.2) is 30.3 Å². The van der Waals surface area contributed by atoms with Crippen molar-refractivity contribution in [2.75, 3.05) is 46.4 Å². The molecule has 0 aromatic heterocycles. The number of hydrogen-bond acceptors (Lipinski definition) is 5. The number of carbonyl (C=O) groups is 1. The van der Waals surface area contributed by atoms with E-state index < -0.39 is 0 Å². The van der Waals surface area contributed by atoms with Crippen LogP contribution < -0.4 is 5.32 Å². The maximum Gasteiger partial charge on any atom is 0.410 e. The average molecular weight is 361 g/mol. The van der Waals surface area contributed by atoms with Crippen LogP contribution in [0.3, 0.4) is 0 Å². The van der Waals surface area contributed by atoms with Crippen LogP contribution in [0, 0.1) is 0 Å². The maximum absolute atomic E-state index is 12.3. The Morgan fingerprint density at radius 2 is 2.08 bits per heavy atom. The van der Waals surface area contributed by atoms with Gasteiger partial charge in [0.2, 0.25) is 0 Å². The smallest absolute Gasteiger partial charge is 0.410 e. The lowest BCUT2D eigenvalue weighted by atomic mass is 10.1. The van der Waals surface area contributed by atoms with Crippen LogP contribution in [0.1, 0.15) is 24.8 Å². The molecule has 0 spiro atoms. The minimum absolute atomic E-state index is 0.0361. The van der Waals surface area contributed by atoms with Gasteiger partial charge in [0.25, 0.3) is 0 Å². The first-order chi connectivity index (χ1) is 12.7. The van der Waals surface area contributed by atoms with Gasteiger partial charge in [-0.3, -0.25) is 0 Å². The van der Waals surface area contributed by atoms with Crippen LogP contribution in [0.5, 0.6) is 0 Å². The van der Waals surface area contributed by atoms with Gasteiger partial charge in [-0.15, -0.1) is 0 Å². The van der Waals surface area contributed by atoms with E-state index in [1.807, 2.05) is 30.3 Å². The van der Waals surface area contributed by atoms with Crippen molar-refractivity contribution in [2.45, 2.75) is 38.0 Å². The van der Waals surface area contributed by atoms with Gasteiger partial charge in [-0.1, -0.05) is 30.3 Å². The molecule has 1 aromatic carbocycles. The summed E-state index contributed by atoms with van der Waals surface area (Å²) in [7, 11) is 2.19. The molecule has 3 rings (SSSR count). The lowest BCUT2D eigenvalue weighted by molar-refractivity contribution is -0.0281. The lowest BCUT2D eigenvalue weighted by Crippen LogP contribution is -2.50. The van der Waals surface area contributed by atoms with E-state index in [9.17, 15) is 4.79 Å². The average Bonchev–Trinajstić information content (AvgIpc) is 2.89. The van der Waals surface area contributed by atoms with Gasteiger partial charge in [0, 0.05) is 19.1 Å². The third kappa shape index (κ3) is 5.97.